The Balaban J connectivity index is 1.83. The molecule has 1 aromatic carbocycles. The van der Waals surface area contributed by atoms with Gasteiger partial charge in [0.15, 0.2) is 10.7 Å². The average Bonchev–Trinajstić information content (AvgIpc) is 3.13. The molecule has 118 valence electrons. The number of thiazole rings is 1. The monoisotopic (exact) mass is 368 g/mol. The van der Waals surface area contributed by atoms with Gasteiger partial charge in [-0.1, -0.05) is 23.2 Å². The summed E-state index contributed by atoms with van der Waals surface area (Å²) in [6.07, 6.45) is 3.62. The highest BCUT2D eigenvalue weighted by molar-refractivity contribution is 7.13. The molecule has 0 bridgehead atoms. The van der Waals surface area contributed by atoms with Crippen LogP contribution in [0.5, 0.6) is 0 Å². The van der Waals surface area contributed by atoms with Crippen LogP contribution in [0.1, 0.15) is 5.56 Å². The molecular formula is C14H10Cl2N4O2S. The van der Waals surface area contributed by atoms with Crippen molar-refractivity contribution in [3.63, 3.8) is 0 Å². The minimum absolute atomic E-state index is 0.0518. The molecule has 3 aromatic rings. The van der Waals surface area contributed by atoms with Crippen molar-refractivity contribution in [2.45, 2.75) is 13.0 Å². The van der Waals surface area contributed by atoms with Crippen LogP contribution < -0.4 is 0 Å². The van der Waals surface area contributed by atoms with Crippen molar-refractivity contribution in [1.29, 1.82) is 0 Å². The molecule has 0 saturated heterocycles. The van der Waals surface area contributed by atoms with Crippen molar-refractivity contribution in [3.05, 3.63) is 61.7 Å². The Hall–Kier alpha value is -1.96. The van der Waals surface area contributed by atoms with Crippen molar-refractivity contribution in [2.75, 3.05) is 0 Å². The highest BCUT2D eigenvalue weighted by atomic mass is 35.5. The summed E-state index contributed by atoms with van der Waals surface area (Å²) >= 11 is 13.2. The Kier molecular flexibility index (Phi) is 4.61. The summed E-state index contributed by atoms with van der Waals surface area (Å²) in [6, 6.07) is 5.28. The lowest BCUT2D eigenvalue weighted by Gasteiger charge is -2.03. The van der Waals surface area contributed by atoms with Crippen LogP contribution in [-0.4, -0.2) is 19.7 Å². The van der Waals surface area contributed by atoms with Crippen molar-refractivity contribution >= 4 is 40.2 Å². The van der Waals surface area contributed by atoms with E-state index in [0.717, 1.165) is 5.56 Å². The third kappa shape index (κ3) is 3.69. The number of hydrogen-bond donors (Lipinski definition) is 0. The van der Waals surface area contributed by atoms with Crippen LogP contribution in [0.2, 0.25) is 10.0 Å². The van der Waals surface area contributed by atoms with Gasteiger partial charge in [-0.2, -0.15) is 5.10 Å². The molecule has 6 nitrogen and oxygen atoms in total. The first-order chi connectivity index (χ1) is 11.0. The number of benzene rings is 1. The molecule has 0 saturated carbocycles. The van der Waals surface area contributed by atoms with Crippen LogP contribution in [-0.2, 0) is 13.0 Å². The van der Waals surface area contributed by atoms with E-state index in [1.807, 2.05) is 12.1 Å². The highest BCUT2D eigenvalue weighted by Gasteiger charge is 2.22. The summed E-state index contributed by atoms with van der Waals surface area (Å²) in [5.74, 6) is 0. The van der Waals surface area contributed by atoms with Gasteiger partial charge < -0.3 is 0 Å². The largest absolute Gasteiger partial charge is 0.317 e. The Bertz CT molecular complexity index is 828. The van der Waals surface area contributed by atoms with Gasteiger partial charge in [0.05, 0.1) is 4.92 Å². The molecule has 0 spiro atoms. The minimum Gasteiger partial charge on any atom is -0.265 e. The van der Waals surface area contributed by atoms with Gasteiger partial charge >= 0.3 is 5.69 Å². The number of rotatable bonds is 5. The van der Waals surface area contributed by atoms with Gasteiger partial charge in [0.2, 0.25) is 0 Å². The molecule has 9 heteroatoms. The van der Waals surface area contributed by atoms with Crippen LogP contribution in [0.15, 0.2) is 36.0 Å². The van der Waals surface area contributed by atoms with Crippen LogP contribution in [0.25, 0.3) is 10.7 Å². The van der Waals surface area contributed by atoms with Crippen molar-refractivity contribution in [2.24, 2.45) is 0 Å². The first-order valence-corrected chi connectivity index (χ1v) is 8.23. The fraction of sp³-hybridized carbons (Fsp3) is 0.143. The van der Waals surface area contributed by atoms with E-state index in [4.69, 9.17) is 23.2 Å². The summed E-state index contributed by atoms with van der Waals surface area (Å²) in [5, 5.41) is 18.9. The lowest BCUT2D eigenvalue weighted by atomic mass is 10.1. The normalized spacial score (nSPS) is 10.9. The van der Waals surface area contributed by atoms with E-state index in [0.29, 0.717) is 28.0 Å². The first-order valence-electron chi connectivity index (χ1n) is 6.59. The number of hydrogen-bond acceptors (Lipinski definition) is 5. The zero-order chi connectivity index (χ0) is 16.4. The summed E-state index contributed by atoms with van der Waals surface area (Å²) in [5.41, 5.74) is 1.18. The molecule has 0 unspecified atom stereocenters. The molecule has 0 aliphatic heterocycles. The Morgan fingerprint density at radius 1 is 1.26 bits per heavy atom. The molecule has 0 fully saturated rings. The van der Waals surface area contributed by atoms with Crippen LogP contribution >= 0.6 is 34.5 Å². The molecule has 0 radical (unpaired) electrons. The lowest BCUT2D eigenvalue weighted by molar-refractivity contribution is -0.384. The molecule has 0 N–H and O–H groups in total. The standard InChI is InChI=1S/C14H10Cl2N4O2S/c15-10-5-9(6-11(16)7-10)1-3-19-8-12(20(21)22)13(18-19)14-17-2-4-23-14/h2,4-8H,1,3H2. The second kappa shape index (κ2) is 6.66. The Morgan fingerprint density at radius 3 is 2.61 bits per heavy atom. The van der Waals surface area contributed by atoms with E-state index in [1.165, 1.54) is 17.5 Å². The maximum Gasteiger partial charge on any atom is 0.317 e. The zero-order valence-electron chi connectivity index (χ0n) is 11.6. The van der Waals surface area contributed by atoms with Gasteiger partial charge in [-0.15, -0.1) is 11.3 Å². The van der Waals surface area contributed by atoms with Gasteiger partial charge in [-0.3, -0.25) is 14.8 Å². The van der Waals surface area contributed by atoms with Crippen molar-refractivity contribution in [1.82, 2.24) is 14.8 Å². The molecule has 3 rings (SSSR count). The van der Waals surface area contributed by atoms with E-state index in [-0.39, 0.29) is 11.4 Å². The number of aromatic nitrogens is 3. The first kappa shape index (κ1) is 15.9. The highest BCUT2D eigenvalue weighted by Crippen LogP contribution is 2.29. The lowest BCUT2D eigenvalue weighted by Crippen LogP contribution is -2.02. The molecular weight excluding hydrogens is 359 g/mol. The fourth-order valence-electron chi connectivity index (χ4n) is 2.15. The average molecular weight is 369 g/mol. The summed E-state index contributed by atoms with van der Waals surface area (Å²) in [7, 11) is 0. The van der Waals surface area contributed by atoms with Gasteiger partial charge in [0.25, 0.3) is 0 Å². The van der Waals surface area contributed by atoms with Gasteiger partial charge in [-0.25, -0.2) is 4.98 Å². The van der Waals surface area contributed by atoms with E-state index in [2.05, 4.69) is 10.1 Å². The van der Waals surface area contributed by atoms with Crippen LogP contribution in [0.3, 0.4) is 0 Å². The van der Waals surface area contributed by atoms with Crippen molar-refractivity contribution in [3.8, 4) is 10.7 Å². The molecule has 0 aliphatic rings. The molecule has 23 heavy (non-hydrogen) atoms. The number of aryl methyl sites for hydroxylation is 2. The Labute approximate surface area is 145 Å². The summed E-state index contributed by atoms with van der Waals surface area (Å²) < 4.78 is 1.55. The number of nitrogens with zero attached hydrogens (tertiary/aromatic N) is 4. The maximum atomic E-state index is 11.2. The summed E-state index contributed by atoms with van der Waals surface area (Å²) in [4.78, 5) is 14.8. The van der Waals surface area contributed by atoms with Gasteiger partial charge in [-0.05, 0) is 30.2 Å². The third-order valence-corrected chi connectivity index (χ3v) is 4.34. The Morgan fingerprint density at radius 2 is 2.00 bits per heavy atom. The maximum absolute atomic E-state index is 11.2. The number of halogens is 2. The summed E-state index contributed by atoms with van der Waals surface area (Å²) in [6.45, 7) is 0.475. The molecule has 0 amide bonds. The van der Waals surface area contributed by atoms with E-state index >= 15 is 0 Å². The molecule has 0 atom stereocenters. The molecule has 2 aromatic heterocycles. The smallest absolute Gasteiger partial charge is 0.265 e. The topological polar surface area (TPSA) is 73.8 Å². The molecule has 0 aliphatic carbocycles. The fourth-order valence-corrected chi connectivity index (χ4v) is 3.35. The van der Waals surface area contributed by atoms with Crippen LogP contribution in [0.4, 0.5) is 5.69 Å². The van der Waals surface area contributed by atoms with E-state index < -0.39 is 4.92 Å². The quantitative estimate of drug-likeness (QED) is 0.491. The SMILES string of the molecule is O=[N+]([O-])c1cn(CCc2cc(Cl)cc(Cl)c2)nc1-c1nccs1. The predicted molar refractivity (Wildman–Crippen MR) is 90.2 cm³/mol. The predicted octanol–water partition coefficient (Wildman–Crippen LogP) is 4.46. The zero-order valence-corrected chi connectivity index (χ0v) is 14.0. The molecule has 2 heterocycles. The van der Waals surface area contributed by atoms with E-state index in [1.54, 1.807) is 22.3 Å². The van der Waals surface area contributed by atoms with Crippen molar-refractivity contribution < 1.29 is 4.92 Å². The van der Waals surface area contributed by atoms with Gasteiger partial charge in [0, 0.05) is 28.2 Å². The van der Waals surface area contributed by atoms with E-state index in [9.17, 15) is 10.1 Å². The second-order valence-electron chi connectivity index (χ2n) is 4.75. The minimum atomic E-state index is -0.448. The second-order valence-corrected chi connectivity index (χ2v) is 6.52. The third-order valence-electron chi connectivity index (χ3n) is 3.13. The van der Waals surface area contributed by atoms with Gasteiger partial charge in [0.1, 0.15) is 6.20 Å². The van der Waals surface area contributed by atoms with Crippen LogP contribution in [0, 0.1) is 10.1 Å². The number of nitro groups is 1.